The number of carbonyl (C=O) groups excluding carboxylic acids is 1. The SMILES string of the molecule is CC/C=C\C/C=C\C/C=C\C/C=C\C/C=C\C/C=C\C/C=C\C/C=C\C/C=C\C/C=C\C/C=C\CCCCCCCC(=O)NC(COC1OC(CO)C(OC2OC(CO)C(O)C(O)C2O)C(O)C1O)C(O)CCCCCCC. The summed E-state index contributed by atoms with van der Waals surface area (Å²) in [5.74, 6) is -0.240. The van der Waals surface area contributed by atoms with Gasteiger partial charge in [-0.3, -0.25) is 4.79 Å². The molecule has 2 aliphatic heterocycles. The van der Waals surface area contributed by atoms with Gasteiger partial charge in [0.2, 0.25) is 5.91 Å². The van der Waals surface area contributed by atoms with Crippen molar-refractivity contribution in [2.75, 3.05) is 19.8 Å². The molecular formula is C64H103NO13. The van der Waals surface area contributed by atoms with Crippen molar-refractivity contribution in [3.63, 3.8) is 0 Å². The fraction of sp³-hybridized carbons (Fsp3) is 0.641. The van der Waals surface area contributed by atoms with E-state index in [1.807, 2.05) is 0 Å². The Morgan fingerprint density at radius 2 is 0.885 bits per heavy atom. The van der Waals surface area contributed by atoms with E-state index in [0.717, 1.165) is 135 Å². The number of ether oxygens (including phenoxy) is 4. The molecule has 0 aromatic carbocycles. The summed E-state index contributed by atoms with van der Waals surface area (Å²) >= 11 is 0. The molecule has 2 saturated heterocycles. The first-order valence-electron chi connectivity index (χ1n) is 29.4. The van der Waals surface area contributed by atoms with Crippen molar-refractivity contribution >= 4 is 5.91 Å². The number of hydrogen-bond donors (Lipinski definition) is 9. The van der Waals surface area contributed by atoms with Gasteiger partial charge in [0, 0.05) is 6.42 Å². The summed E-state index contributed by atoms with van der Waals surface area (Å²) < 4.78 is 22.6. The third-order valence-corrected chi connectivity index (χ3v) is 13.4. The molecular weight excluding hydrogens is 991 g/mol. The van der Waals surface area contributed by atoms with E-state index < -0.39 is 86.8 Å². The Labute approximate surface area is 469 Å². The van der Waals surface area contributed by atoms with Crippen LogP contribution >= 0.6 is 0 Å². The molecule has 0 aromatic heterocycles. The molecule has 78 heavy (non-hydrogen) atoms. The first-order chi connectivity index (χ1) is 38.1. The highest BCUT2D eigenvalue weighted by Crippen LogP contribution is 2.30. The van der Waals surface area contributed by atoms with Gasteiger partial charge in [0.15, 0.2) is 12.6 Å². The Hall–Kier alpha value is -3.87. The Morgan fingerprint density at radius 1 is 0.474 bits per heavy atom. The van der Waals surface area contributed by atoms with Crippen LogP contribution in [0.4, 0.5) is 0 Å². The molecule has 0 spiro atoms. The van der Waals surface area contributed by atoms with Crippen LogP contribution in [0.5, 0.6) is 0 Å². The second-order valence-corrected chi connectivity index (χ2v) is 20.0. The van der Waals surface area contributed by atoms with Crippen molar-refractivity contribution < 1.29 is 64.6 Å². The van der Waals surface area contributed by atoms with Crippen molar-refractivity contribution in [3.05, 3.63) is 134 Å². The molecule has 14 heteroatoms. The number of carbonyl (C=O) groups is 1. The molecule has 2 rings (SSSR count). The molecule has 442 valence electrons. The third kappa shape index (κ3) is 33.0. The minimum absolute atomic E-state index is 0.240. The monoisotopic (exact) mass is 1090 g/mol. The van der Waals surface area contributed by atoms with Crippen LogP contribution < -0.4 is 5.32 Å². The molecule has 12 atom stereocenters. The zero-order valence-corrected chi connectivity index (χ0v) is 47.3. The summed E-state index contributed by atoms with van der Waals surface area (Å²) in [6.45, 7) is 2.59. The van der Waals surface area contributed by atoms with Crippen molar-refractivity contribution in [1.29, 1.82) is 0 Å². The van der Waals surface area contributed by atoms with Gasteiger partial charge in [-0.2, -0.15) is 0 Å². The second-order valence-electron chi connectivity index (χ2n) is 20.0. The maximum Gasteiger partial charge on any atom is 0.220 e. The van der Waals surface area contributed by atoms with E-state index in [2.05, 4.69) is 153 Å². The predicted octanol–water partition coefficient (Wildman–Crippen LogP) is 9.99. The minimum Gasteiger partial charge on any atom is -0.394 e. The number of aliphatic hydroxyl groups is 8. The van der Waals surface area contributed by atoms with Gasteiger partial charge in [-0.05, 0) is 96.3 Å². The van der Waals surface area contributed by atoms with E-state index in [0.29, 0.717) is 12.8 Å². The first kappa shape index (κ1) is 70.2. The van der Waals surface area contributed by atoms with E-state index in [1.54, 1.807) is 0 Å². The lowest BCUT2D eigenvalue weighted by Crippen LogP contribution is -2.65. The maximum absolute atomic E-state index is 13.1. The van der Waals surface area contributed by atoms with Gasteiger partial charge in [-0.1, -0.05) is 199 Å². The quantitative estimate of drug-likeness (QED) is 0.0205. The number of unbranched alkanes of at least 4 members (excludes halogenated alkanes) is 9. The van der Waals surface area contributed by atoms with Crippen LogP contribution in [0.25, 0.3) is 0 Å². The van der Waals surface area contributed by atoms with Crippen LogP contribution in [0.1, 0.15) is 168 Å². The first-order valence-corrected chi connectivity index (χ1v) is 29.4. The summed E-state index contributed by atoms with van der Waals surface area (Å²) in [5, 5.41) is 86.5. The van der Waals surface area contributed by atoms with Gasteiger partial charge < -0.3 is 65.1 Å². The lowest BCUT2D eigenvalue weighted by Gasteiger charge is -2.46. The number of amides is 1. The van der Waals surface area contributed by atoms with Crippen LogP contribution in [0.15, 0.2) is 134 Å². The Kier molecular flexibility index (Phi) is 43.1. The van der Waals surface area contributed by atoms with Gasteiger partial charge in [0.1, 0.15) is 48.8 Å². The highest BCUT2D eigenvalue weighted by atomic mass is 16.7. The Morgan fingerprint density at radius 3 is 1.36 bits per heavy atom. The molecule has 0 aliphatic carbocycles. The van der Waals surface area contributed by atoms with Crippen molar-refractivity contribution in [2.24, 2.45) is 0 Å². The predicted molar refractivity (Wildman–Crippen MR) is 313 cm³/mol. The van der Waals surface area contributed by atoms with E-state index in [1.165, 1.54) is 0 Å². The van der Waals surface area contributed by atoms with Crippen LogP contribution in [0, 0.1) is 0 Å². The van der Waals surface area contributed by atoms with Gasteiger partial charge in [-0.25, -0.2) is 0 Å². The van der Waals surface area contributed by atoms with Crippen LogP contribution in [0.2, 0.25) is 0 Å². The summed E-state index contributed by atoms with van der Waals surface area (Å²) in [7, 11) is 0. The minimum atomic E-state index is -1.79. The van der Waals surface area contributed by atoms with Crippen LogP contribution in [-0.2, 0) is 23.7 Å². The van der Waals surface area contributed by atoms with Crippen molar-refractivity contribution in [3.8, 4) is 0 Å². The number of allylic oxidation sites excluding steroid dienone is 22. The lowest BCUT2D eigenvalue weighted by molar-refractivity contribution is -0.359. The molecule has 2 fully saturated rings. The standard InChI is InChI=1S/C64H103NO13/c1-3-5-7-9-10-11-12-13-14-15-16-17-18-19-20-21-22-23-24-25-26-27-28-29-30-31-32-33-34-35-36-37-38-39-40-41-42-44-46-48-56(69)65-52(53(68)47-45-43-8-6-4-2)51-75-63-61(74)59(72)62(55(50-67)77-63)78-64-60(73)58(71)57(70)54(49-66)76-64/h5,7,10-11,13-14,16-17,19-20,22-23,25-26,28-29,31-32,34-35,37-38,52-55,57-64,66-68,70-74H,3-4,6,8-9,12,15,18,21,24,27,30,33,36,39-51H2,1-2H3,(H,65,69)/b7-5-,11-10-,14-13-,17-16-,20-19-,23-22-,26-25-,29-28-,32-31-,35-34-,38-37-. The van der Waals surface area contributed by atoms with Crippen molar-refractivity contribution in [2.45, 2.75) is 242 Å². The van der Waals surface area contributed by atoms with Gasteiger partial charge in [0.25, 0.3) is 0 Å². The van der Waals surface area contributed by atoms with E-state index in [4.69, 9.17) is 18.9 Å². The Balaban J connectivity index is 1.57. The van der Waals surface area contributed by atoms with Crippen molar-refractivity contribution in [1.82, 2.24) is 5.32 Å². The molecule has 0 saturated carbocycles. The van der Waals surface area contributed by atoms with Crippen LogP contribution in [-0.4, -0.2) is 140 Å². The molecule has 0 radical (unpaired) electrons. The zero-order chi connectivity index (χ0) is 56.7. The highest BCUT2D eigenvalue weighted by molar-refractivity contribution is 5.76. The molecule has 0 bridgehead atoms. The smallest absolute Gasteiger partial charge is 0.220 e. The molecule has 0 aromatic rings. The van der Waals surface area contributed by atoms with E-state index in [-0.39, 0.29) is 18.9 Å². The van der Waals surface area contributed by atoms with Gasteiger partial charge >= 0.3 is 0 Å². The average molecular weight is 1090 g/mol. The lowest BCUT2D eigenvalue weighted by atomic mass is 9.97. The summed E-state index contributed by atoms with van der Waals surface area (Å²) in [4.78, 5) is 13.1. The van der Waals surface area contributed by atoms with Crippen LogP contribution in [0.3, 0.4) is 0 Å². The summed E-state index contributed by atoms with van der Waals surface area (Å²) in [6, 6.07) is -0.845. The molecule has 2 heterocycles. The second kappa shape index (κ2) is 47.9. The zero-order valence-electron chi connectivity index (χ0n) is 47.3. The molecule has 1 amide bonds. The topological polar surface area (TPSA) is 228 Å². The summed E-state index contributed by atoms with van der Waals surface area (Å²) in [5.41, 5.74) is 0. The van der Waals surface area contributed by atoms with E-state index >= 15 is 0 Å². The molecule has 14 nitrogen and oxygen atoms in total. The molecule has 2 aliphatic rings. The average Bonchev–Trinajstić information content (AvgIpc) is 3.47. The molecule has 12 unspecified atom stereocenters. The number of rotatable bonds is 44. The summed E-state index contributed by atoms with van der Waals surface area (Å²) in [6.07, 6.45) is 53.9. The highest BCUT2D eigenvalue weighted by Gasteiger charge is 2.51. The maximum atomic E-state index is 13.1. The molecule has 9 N–H and O–H groups in total. The fourth-order valence-corrected chi connectivity index (χ4v) is 8.65. The normalized spacial score (nSPS) is 25.6. The number of hydrogen-bond acceptors (Lipinski definition) is 13. The third-order valence-electron chi connectivity index (χ3n) is 13.4. The fourth-order valence-electron chi connectivity index (χ4n) is 8.65. The van der Waals surface area contributed by atoms with E-state index in [9.17, 15) is 45.6 Å². The number of aliphatic hydroxyl groups excluding tert-OH is 8. The largest absolute Gasteiger partial charge is 0.394 e. The Bertz CT molecular complexity index is 1820. The van der Waals surface area contributed by atoms with Gasteiger partial charge in [0.05, 0.1) is 32.0 Å². The number of nitrogens with one attached hydrogen (secondary N) is 1. The van der Waals surface area contributed by atoms with Gasteiger partial charge in [-0.15, -0.1) is 0 Å².